The van der Waals surface area contributed by atoms with Gasteiger partial charge in [-0.25, -0.2) is 0 Å². The van der Waals surface area contributed by atoms with E-state index in [-0.39, 0.29) is 0 Å². The topological polar surface area (TPSA) is 29.3 Å². The Morgan fingerprint density at radius 2 is 2.06 bits per heavy atom. The van der Waals surface area contributed by atoms with E-state index < -0.39 is 0 Å². The summed E-state index contributed by atoms with van der Waals surface area (Å²) in [7, 11) is 0. The molecule has 0 unspecified atom stereocenters. The minimum atomic E-state index is 0.641. The van der Waals surface area contributed by atoms with Crippen LogP contribution in [0.15, 0.2) is 18.2 Å². The molecule has 96 valence electrons. The second-order valence-electron chi connectivity index (χ2n) is 4.75. The second kappa shape index (κ2) is 6.87. The quantitative estimate of drug-likeness (QED) is 0.844. The lowest BCUT2D eigenvalue weighted by Gasteiger charge is -2.25. The van der Waals surface area contributed by atoms with E-state index in [9.17, 15) is 0 Å². The van der Waals surface area contributed by atoms with E-state index in [0.29, 0.717) is 12.5 Å². The van der Waals surface area contributed by atoms with Crippen LogP contribution < -0.4 is 10.6 Å². The summed E-state index contributed by atoms with van der Waals surface area (Å²) in [4.78, 5) is 2.35. The average molecular weight is 255 g/mol. The van der Waals surface area contributed by atoms with Gasteiger partial charge < -0.3 is 10.6 Å². The molecule has 2 N–H and O–H groups in total. The number of halogens is 1. The Balaban J connectivity index is 2.86. The van der Waals surface area contributed by atoms with Crippen LogP contribution in [0.1, 0.15) is 26.3 Å². The first kappa shape index (κ1) is 14.3. The van der Waals surface area contributed by atoms with Crippen molar-refractivity contribution in [2.45, 2.75) is 27.2 Å². The molecule has 0 amide bonds. The van der Waals surface area contributed by atoms with Gasteiger partial charge in [0, 0.05) is 23.8 Å². The summed E-state index contributed by atoms with van der Waals surface area (Å²) >= 11 is 6.26. The third kappa shape index (κ3) is 4.21. The van der Waals surface area contributed by atoms with Crippen molar-refractivity contribution in [2.75, 3.05) is 24.5 Å². The molecule has 0 spiro atoms. The highest BCUT2D eigenvalue weighted by molar-refractivity contribution is 6.31. The van der Waals surface area contributed by atoms with Gasteiger partial charge in [0.2, 0.25) is 0 Å². The highest BCUT2D eigenvalue weighted by Crippen LogP contribution is 2.24. The molecular formula is C14H23ClN2. The molecule has 0 saturated heterocycles. The van der Waals surface area contributed by atoms with Gasteiger partial charge in [-0.2, -0.15) is 0 Å². The zero-order valence-electron chi connectivity index (χ0n) is 11.0. The molecule has 0 saturated carbocycles. The van der Waals surface area contributed by atoms with Gasteiger partial charge in [0.25, 0.3) is 0 Å². The number of nitrogens with zero attached hydrogens (tertiary/aromatic N) is 1. The van der Waals surface area contributed by atoms with Crippen LogP contribution in [-0.4, -0.2) is 19.6 Å². The Bertz CT molecular complexity index is 350. The van der Waals surface area contributed by atoms with Crippen LogP contribution in [0.3, 0.4) is 0 Å². The van der Waals surface area contributed by atoms with E-state index in [4.69, 9.17) is 17.3 Å². The number of hydrogen-bond donors (Lipinski definition) is 1. The van der Waals surface area contributed by atoms with Gasteiger partial charge in [-0.1, -0.05) is 31.5 Å². The smallest absolute Gasteiger partial charge is 0.0459 e. The van der Waals surface area contributed by atoms with Crippen molar-refractivity contribution in [2.24, 2.45) is 11.7 Å². The van der Waals surface area contributed by atoms with E-state index >= 15 is 0 Å². The Morgan fingerprint density at radius 3 is 2.53 bits per heavy atom. The van der Waals surface area contributed by atoms with Gasteiger partial charge in [0.05, 0.1) is 0 Å². The minimum Gasteiger partial charge on any atom is -0.372 e. The van der Waals surface area contributed by atoms with Crippen molar-refractivity contribution in [3.05, 3.63) is 28.8 Å². The van der Waals surface area contributed by atoms with Crippen molar-refractivity contribution >= 4 is 17.3 Å². The number of benzene rings is 1. The van der Waals surface area contributed by atoms with Crippen LogP contribution in [0.25, 0.3) is 0 Å². The van der Waals surface area contributed by atoms with Crippen LogP contribution in [-0.2, 0) is 6.42 Å². The van der Waals surface area contributed by atoms with E-state index in [0.717, 1.165) is 30.1 Å². The predicted molar refractivity (Wildman–Crippen MR) is 76.9 cm³/mol. The highest BCUT2D eigenvalue weighted by Gasteiger charge is 2.08. The van der Waals surface area contributed by atoms with E-state index in [1.165, 1.54) is 5.69 Å². The summed E-state index contributed by atoms with van der Waals surface area (Å²) in [5, 5.41) is 0.829. The fourth-order valence-corrected chi connectivity index (χ4v) is 2.22. The summed E-state index contributed by atoms with van der Waals surface area (Å²) in [6, 6.07) is 6.29. The molecule has 0 radical (unpaired) electrons. The lowest BCUT2D eigenvalue weighted by Crippen LogP contribution is -2.27. The van der Waals surface area contributed by atoms with Gasteiger partial charge in [0.15, 0.2) is 0 Å². The molecular weight excluding hydrogens is 232 g/mol. The number of anilines is 1. The standard InChI is InChI=1S/C14H23ClN2/c1-4-17(10-11(2)3)13-6-5-12(7-8-16)14(15)9-13/h5-6,9,11H,4,7-8,10,16H2,1-3H3. The lowest BCUT2D eigenvalue weighted by atomic mass is 10.1. The van der Waals surface area contributed by atoms with Crippen molar-refractivity contribution in [3.63, 3.8) is 0 Å². The van der Waals surface area contributed by atoms with Gasteiger partial charge in [-0.05, 0) is 43.5 Å². The normalized spacial score (nSPS) is 10.9. The third-order valence-corrected chi connectivity index (χ3v) is 3.13. The highest BCUT2D eigenvalue weighted by atomic mass is 35.5. The van der Waals surface area contributed by atoms with Crippen molar-refractivity contribution < 1.29 is 0 Å². The first-order chi connectivity index (χ1) is 8.08. The first-order valence-electron chi connectivity index (χ1n) is 6.31. The maximum absolute atomic E-state index is 6.26. The van der Waals surface area contributed by atoms with Gasteiger partial charge in [0.1, 0.15) is 0 Å². The molecule has 0 bridgehead atoms. The fraction of sp³-hybridized carbons (Fsp3) is 0.571. The molecule has 0 aliphatic heterocycles. The molecule has 17 heavy (non-hydrogen) atoms. The molecule has 0 atom stereocenters. The minimum absolute atomic E-state index is 0.641. The molecule has 3 heteroatoms. The van der Waals surface area contributed by atoms with Gasteiger partial charge >= 0.3 is 0 Å². The SMILES string of the molecule is CCN(CC(C)C)c1ccc(CCN)c(Cl)c1. The summed E-state index contributed by atoms with van der Waals surface area (Å²) < 4.78 is 0. The Labute approximate surface area is 110 Å². The average Bonchev–Trinajstić information content (AvgIpc) is 2.28. The Hall–Kier alpha value is -0.730. The third-order valence-electron chi connectivity index (χ3n) is 2.78. The second-order valence-corrected chi connectivity index (χ2v) is 5.15. The summed E-state index contributed by atoms with van der Waals surface area (Å²) in [6.45, 7) is 9.33. The number of rotatable bonds is 6. The van der Waals surface area contributed by atoms with Crippen molar-refractivity contribution in [1.29, 1.82) is 0 Å². The van der Waals surface area contributed by atoms with E-state index in [1.54, 1.807) is 0 Å². The summed E-state index contributed by atoms with van der Waals surface area (Å²) in [5.74, 6) is 0.650. The van der Waals surface area contributed by atoms with Gasteiger partial charge in [-0.15, -0.1) is 0 Å². The van der Waals surface area contributed by atoms with Crippen LogP contribution in [0.5, 0.6) is 0 Å². The molecule has 2 nitrogen and oxygen atoms in total. The van der Waals surface area contributed by atoms with E-state index in [2.05, 4.69) is 43.9 Å². The van der Waals surface area contributed by atoms with Crippen LogP contribution >= 0.6 is 11.6 Å². The van der Waals surface area contributed by atoms with E-state index in [1.807, 2.05) is 0 Å². The maximum atomic E-state index is 6.26. The molecule has 0 heterocycles. The number of hydrogen-bond acceptors (Lipinski definition) is 2. The van der Waals surface area contributed by atoms with Gasteiger partial charge in [-0.3, -0.25) is 0 Å². The van der Waals surface area contributed by atoms with Crippen LogP contribution in [0.4, 0.5) is 5.69 Å². The first-order valence-corrected chi connectivity index (χ1v) is 6.69. The molecule has 0 aliphatic carbocycles. The molecule has 1 aromatic carbocycles. The van der Waals surface area contributed by atoms with Crippen molar-refractivity contribution in [1.82, 2.24) is 0 Å². The summed E-state index contributed by atoms with van der Waals surface area (Å²) in [5.41, 5.74) is 7.89. The molecule has 1 rings (SSSR count). The summed E-state index contributed by atoms with van der Waals surface area (Å²) in [6.07, 6.45) is 0.843. The van der Waals surface area contributed by atoms with Crippen LogP contribution in [0, 0.1) is 5.92 Å². The monoisotopic (exact) mass is 254 g/mol. The Kier molecular flexibility index (Phi) is 5.79. The fourth-order valence-electron chi connectivity index (χ4n) is 1.95. The molecule has 1 aromatic rings. The molecule has 0 fully saturated rings. The zero-order chi connectivity index (χ0) is 12.8. The van der Waals surface area contributed by atoms with Crippen LogP contribution in [0.2, 0.25) is 5.02 Å². The number of nitrogens with two attached hydrogens (primary N) is 1. The zero-order valence-corrected chi connectivity index (χ0v) is 11.8. The van der Waals surface area contributed by atoms with Crippen molar-refractivity contribution in [3.8, 4) is 0 Å². The lowest BCUT2D eigenvalue weighted by molar-refractivity contribution is 0.619. The largest absolute Gasteiger partial charge is 0.372 e. The predicted octanol–water partition coefficient (Wildman–Crippen LogP) is 3.32. The maximum Gasteiger partial charge on any atom is 0.0459 e. The molecule has 0 aliphatic rings. The Morgan fingerprint density at radius 1 is 1.35 bits per heavy atom. The molecule has 0 aromatic heterocycles.